The van der Waals surface area contributed by atoms with Crippen LogP contribution >= 0.6 is 0 Å². The lowest BCUT2D eigenvalue weighted by Gasteiger charge is -2.01. The van der Waals surface area contributed by atoms with E-state index in [1.165, 1.54) is 0 Å². The Labute approximate surface area is 111 Å². The molecule has 0 fully saturated rings. The van der Waals surface area contributed by atoms with Crippen molar-refractivity contribution in [2.75, 3.05) is 6.61 Å². The van der Waals surface area contributed by atoms with Crippen molar-refractivity contribution in [3.8, 4) is 0 Å². The van der Waals surface area contributed by atoms with Crippen molar-refractivity contribution in [3.63, 3.8) is 0 Å². The number of aromatic nitrogens is 3. The predicted octanol–water partition coefficient (Wildman–Crippen LogP) is 3.13. The molecule has 0 unspecified atom stereocenters. The molecule has 0 aromatic carbocycles. The zero-order valence-corrected chi connectivity index (χ0v) is 12.8. The SMILES string of the molecule is CC.CC.CCCCOC(=O)c1nnn(C)c1C. The van der Waals surface area contributed by atoms with Crippen molar-refractivity contribution in [3.05, 3.63) is 11.4 Å². The highest BCUT2D eigenvalue weighted by molar-refractivity contribution is 5.88. The molecule has 0 saturated heterocycles. The van der Waals surface area contributed by atoms with Gasteiger partial charge in [-0.15, -0.1) is 5.10 Å². The third-order valence-electron chi connectivity index (χ3n) is 2.03. The maximum atomic E-state index is 11.4. The fourth-order valence-electron chi connectivity index (χ4n) is 0.971. The number of esters is 1. The number of unbranched alkanes of at least 4 members (excludes halogenated alkanes) is 1. The van der Waals surface area contributed by atoms with Gasteiger partial charge >= 0.3 is 5.97 Å². The number of carbonyl (C=O) groups is 1. The van der Waals surface area contributed by atoms with Crippen LogP contribution in [0.4, 0.5) is 0 Å². The van der Waals surface area contributed by atoms with Crippen LogP contribution < -0.4 is 0 Å². The van der Waals surface area contributed by atoms with E-state index in [-0.39, 0.29) is 5.97 Å². The molecule has 0 N–H and O–H groups in total. The summed E-state index contributed by atoms with van der Waals surface area (Å²) >= 11 is 0. The van der Waals surface area contributed by atoms with Gasteiger partial charge in [0.25, 0.3) is 0 Å². The molecule has 1 aromatic heterocycles. The molecule has 0 bridgehead atoms. The number of hydrogen-bond donors (Lipinski definition) is 0. The smallest absolute Gasteiger partial charge is 0.360 e. The Hall–Kier alpha value is -1.39. The molecule has 18 heavy (non-hydrogen) atoms. The first-order chi connectivity index (χ1) is 8.66. The van der Waals surface area contributed by atoms with E-state index in [4.69, 9.17) is 4.74 Å². The molecular formula is C13H27N3O2. The second-order valence-electron chi connectivity index (χ2n) is 3.14. The Morgan fingerprint density at radius 1 is 1.28 bits per heavy atom. The van der Waals surface area contributed by atoms with E-state index in [0.29, 0.717) is 12.3 Å². The van der Waals surface area contributed by atoms with Crippen LogP contribution in [0.1, 0.15) is 63.6 Å². The van der Waals surface area contributed by atoms with Gasteiger partial charge in [-0.3, -0.25) is 4.68 Å². The molecule has 1 rings (SSSR count). The van der Waals surface area contributed by atoms with Crippen molar-refractivity contribution in [2.45, 2.75) is 54.4 Å². The van der Waals surface area contributed by atoms with E-state index < -0.39 is 0 Å². The summed E-state index contributed by atoms with van der Waals surface area (Å²) in [5.41, 5.74) is 1.04. The van der Waals surface area contributed by atoms with Gasteiger partial charge in [0.1, 0.15) is 0 Å². The van der Waals surface area contributed by atoms with E-state index >= 15 is 0 Å². The molecule has 5 heteroatoms. The molecule has 0 radical (unpaired) electrons. The van der Waals surface area contributed by atoms with Crippen LogP contribution in [0.5, 0.6) is 0 Å². The summed E-state index contributed by atoms with van der Waals surface area (Å²) in [6.45, 7) is 12.3. The molecule has 0 spiro atoms. The molecule has 0 amide bonds. The van der Waals surface area contributed by atoms with Crippen molar-refractivity contribution in [1.82, 2.24) is 15.0 Å². The summed E-state index contributed by atoms with van der Waals surface area (Å²) in [6.07, 6.45) is 1.89. The molecule has 0 atom stereocenters. The molecule has 0 aliphatic carbocycles. The van der Waals surface area contributed by atoms with E-state index in [1.807, 2.05) is 34.6 Å². The van der Waals surface area contributed by atoms with Gasteiger partial charge in [0, 0.05) is 7.05 Å². The Kier molecular flexibility index (Phi) is 12.7. The fourth-order valence-corrected chi connectivity index (χ4v) is 0.971. The van der Waals surface area contributed by atoms with Gasteiger partial charge in [-0.25, -0.2) is 4.79 Å². The lowest BCUT2D eigenvalue weighted by Crippen LogP contribution is -2.08. The normalized spacial score (nSPS) is 8.61. The second-order valence-corrected chi connectivity index (χ2v) is 3.14. The average molecular weight is 257 g/mol. The maximum Gasteiger partial charge on any atom is 0.360 e. The van der Waals surface area contributed by atoms with Gasteiger partial charge in [-0.1, -0.05) is 46.3 Å². The zero-order chi connectivity index (χ0) is 14.6. The Bertz CT molecular complexity index is 322. The van der Waals surface area contributed by atoms with Crippen LogP contribution in [0.25, 0.3) is 0 Å². The Morgan fingerprint density at radius 3 is 2.22 bits per heavy atom. The largest absolute Gasteiger partial charge is 0.461 e. The first-order valence-corrected chi connectivity index (χ1v) is 6.70. The predicted molar refractivity (Wildman–Crippen MR) is 73.6 cm³/mol. The van der Waals surface area contributed by atoms with Crippen molar-refractivity contribution < 1.29 is 9.53 Å². The second kappa shape index (κ2) is 12.1. The minimum absolute atomic E-state index is 0.309. The van der Waals surface area contributed by atoms with Gasteiger partial charge in [0.2, 0.25) is 0 Å². The monoisotopic (exact) mass is 257 g/mol. The lowest BCUT2D eigenvalue weighted by atomic mass is 10.3. The highest BCUT2D eigenvalue weighted by Gasteiger charge is 2.15. The number of aryl methyl sites for hydroxylation is 1. The van der Waals surface area contributed by atoms with Crippen LogP contribution in [0.3, 0.4) is 0 Å². The summed E-state index contributed by atoms with van der Waals surface area (Å²) < 4.78 is 6.56. The number of hydrogen-bond acceptors (Lipinski definition) is 4. The molecular weight excluding hydrogens is 230 g/mol. The summed E-state index contributed by atoms with van der Waals surface area (Å²) in [4.78, 5) is 11.4. The van der Waals surface area contributed by atoms with E-state index in [0.717, 1.165) is 18.5 Å². The standard InChI is InChI=1S/C9H15N3O2.2C2H6/c1-4-5-6-14-9(13)8-7(2)12(3)11-10-8;2*1-2/h4-6H2,1-3H3;2*1-2H3. The first-order valence-electron chi connectivity index (χ1n) is 6.70. The topological polar surface area (TPSA) is 57.0 Å². The number of rotatable bonds is 4. The highest BCUT2D eigenvalue weighted by Crippen LogP contribution is 2.04. The minimum atomic E-state index is -0.385. The quantitative estimate of drug-likeness (QED) is 0.614. The number of nitrogens with zero attached hydrogens (tertiary/aromatic N) is 3. The van der Waals surface area contributed by atoms with Gasteiger partial charge in [0.15, 0.2) is 5.69 Å². The molecule has 0 aliphatic rings. The average Bonchev–Trinajstić information content (AvgIpc) is 2.75. The maximum absolute atomic E-state index is 11.4. The summed E-state index contributed by atoms with van der Waals surface area (Å²) in [5.74, 6) is -0.385. The molecule has 106 valence electrons. The summed E-state index contributed by atoms with van der Waals surface area (Å²) in [5, 5.41) is 7.46. The number of ether oxygens (including phenoxy) is 1. The highest BCUT2D eigenvalue weighted by atomic mass is 16.5. The van der Waals surface area contributed by atoms with Crippen molar-refractivity contribution in [2.24, 2.45) is 7.05 Å². The summed E-state index contributed by atoms with van der Waals surface area (Å²) in [7, 11) is 1.74. The first kappa shape index (κ1) is 19.0. The van der Waals surface area contributed by atoms with E-state index in [2.05, 4.69) is 10.3 Å². The van der Waals surface area contributed by atoms with Crippen LogP contribution in [-0.2, 0) is 11.8 Å². The van der Waals surface area contributed by atoms with Gasteiger partial charge in [-0.05, 0) is 13.3 Å². The Morgan fingerprint density at radius 2 is 1.83 bits per heavy atom. The number of carbonyl (C=O) groups excluding carboxylic acids is 1. The van der Waals surface area contributed by atoms with Crippen LogP contribution in [0.2, 0.25) is 0 Å². The van der Waals surface area contributed by atoms with Crippen LogP contribution in [0.15, 0.2) is 0 Å². The van der Waals surface area contributed by atoms with Crippen molar-refractivity contribution in [1.29, 1.82) is 0 Å². The van der Waals surface area contributed by atoms with Gasteiger partial charge < -0.3 is 4.74 Å². The third kappa shape index (κ3) is 6.37. The Balaban J connectivity index is 0. The van der Waals surface area contributed by atoms with E-state index in [1.54, 1.807) is 18.7 Å². The van der Waals surface area contributed by atoms with Crippen LogP contribution in [0, 0.1) is 6.92 Å². The van der Waals surface area contributed by atoms with Gasteiger partial charge in [0.05, 0.1) is 12.3 Å². The lowest BCUT2D eigenvalue weighted by molar-refractivity contribution is 0.0492. The molecule has 5 nitrogen and oxygen atoms in total. The fraction of sp³-hybridized carbons (Fsp3) is 0.769. The molecule has 1 aromatic rings. The van der Waals surface area contributed by atoms with Gasteiger partial charge in [-0.2, -0.15) is 0 Å². The molecule has 0 aliphatic heterocycles. The zero-order valence-electron chi connectivity index (χ0n) is 12.8. The van der Waals surface area contributed by atoms with Crippen LogP contribution in [-0.4, -0.2) is 27.6 Å². The minimum Gasteiger partial charge on any atom is -0.461 e. The summed E-state index contributed by atoms with van der Waals surface area (Å²) in [6, 6.07) is 0. The van der Waals surface area contributed by atoms with E-state index in [9.17, 15) is 4.79 Å². The van der Waals surface area contributed by atoms with Crippen molar-refractivity contribution >= 4 is 5.97 Å². The molecule has 0 saturated carbocycles. The third-order valence-corrected chi connectivity index (χ3v) is 2.03. The molecule has 1 heterocycles.